The van der Waals surface area contributed by atoms with Gasteiger partial charge in [-0.05, 0) is 42.7 Å². The topological polar surface area (TPSA) is 88.1 Å². The maximum absolute atomic E-state index is 13.9. The molecule has 0 radical (unpaired) electrons. The van der Waals surface area contributed by atoms with E-state index in [1.54, 1.807) is 6.07 Å². The maximum atomic E-state index is 13.9. The lowest BCUT2D eigenvalue weighted by atomic mass is 9.96. The van der Waals surface area contributed by atoms with Crippen LogP contribution in [0.2, 0.25) is 0 Å². The van der Waals surface area contributed by atoms with Crippen LogP contribution in [0.1, 0.15) is 31.5 Å². The van der Waals surface area contributed by atoms with Gasteiger partial charge in [0, 0.05) is 47.8 Å². The van der Waals surface area contributed by atoms with Crippen LogP contribution in [0.3, 0.4) is 0 Å². The zero-order chi connectivity index (χ0) is 23.0. The van der Waals surface area contributed by atoms with Crippen LogP contribution in [-0.2, 0) is 11.3 Å². The van der Waals surface area contributed by atoms with E-state index in [9.17, 15) is 13.6 Å². The van der Waals surface area contributed by atoms with Crippen LogP contribution in [0.5, 0.6) is 0 Å². The molecule has 0 aliphatic rings. The Labute approximate surface area is 182 Å². The third-order valence-corrected chi connectivity index (χ3v) is 5.04. The summed E-state index contributed by atoms with van der Waals surface area (Å²) in [5, 5.41) is 0.785. The molecule has 5 nitrogen and oxygen atoms in total. The predicted octanol–water partition coefficient (Wildman–Crippen LogP) is 4.28. The highest BCUT2D eigenvalue weighted by Gasteiger charge is 2.18. The number of carbonyl (C=O) groups is 1. The number of carbonyl (C=O) groups excluding carboxylic acids is 1. The number of nitrogens with zero attached hydrogens (tertiary/aromatic N) is 1. The summed E-state index contributed by atoms with van der Waals surface area (Å²) in [4.78, 5) is 16.4. The second-order valence-electron chi connectivity index (χ2n) is 7.34. The monoisotopic (exact) mass is 430 g/mol. The van der Waals surface area contributed by atoms with Gasteiger partial charge in [-0.15, -0.1) is 0 Å². The van der Waals surface area contributed by atoms with Crippen molar-refractivity contribution in [3.05, 3.63) is 59.5 Å². The molecule has 2 unspecified atom stereocenters. The molecule has 0 saturated carbocycles. The lowest BCUT2D eigenvalue weighted by molar-refractivity contribution is -0.119. The van der Waals surface area contributed by atoms with E-state index in [-0.39, 0.29) is 25.3 Å². The lowest BCUT2D eigenvalue weighted by Crippen LogP contribution is -2.39. The Hall–Kier alpha value is -2.77. The fraction of sp³-hybridized carbons (Fsp3) is 0.375. The first-order valence-corrected chi connectivity index (χ1v) is 10.6. The quantitative estimate of drug-likeness (QED) is 0.443. The minimum Gasteiger partial charge on any atom is -0.358 e. The molecule has 168 valence electrons. The lowest BCUT2D eigenvalue weighted by Gasteiger charge is -2.24. The average molecular weight is 431 g/mol. The molecule has 1 aromatic heterocycles. The summed E-state index contributed by atoms with van der Waals surface area (Å²) < 4.78 is 27.4. The first-order chi connectivity index (χ1) is 14.9. The Morgan fingerprint density at radius 2 is 1.90 bits per heavy atom. The van der Waals surface area contributed by atoms with E-state index in [0.717, 1.165) is 33.3 Å². The fourth-order valence-corrected chi connectivity index (χ4v) is 3.71. The first-order valence-electron chi connectivity index (χ1n) is 10.6. The standard InChI is InChI=1S/C22H26F2N4O.C2H6/c1-14-22(20-9-16(23)6-7-21(20)27-14)19-5-3-2-4-15(19)11-28(13-29)12-18(26)8-17(24)10-25;1-2/h2-7,9,13,17-18,27H,8,10-12,25-26H2,1H3;1-2H3. The van der Waals surface area contributed by atoms with Crippen molar-refractivity contribution in [2.75, 3.05) is 13.1 Å². The van der Waals surface area contributed by atoms with E-state index in [2.05, 4.69) is 4.98 Å². The van der Waals surface area contributed by atoms with Crippen molar-refractivity contribution in [3.8, 4) is 11.1 Å². The van der Waals surface area contributed by atoms with Gasteiger partial charge in [-0.1, -0.05) is 38.1 Å². The molecule has 0 bridgehead atoms. The molecular formula is C24H32F2N4O. The molecule has 1 amide bonds. The maximum Gasteiger partial charge on any atom is 0.210 e. The average Bonchev–Trinajstić information content (AvgIpc) is 3.09. The van der Waals surface area contributed by atoms with Gasteiger partial charge in [-0.25, -0.2) is 8.78 Å². The van der Waals surface area contributed by atoms with Crippen LogP contribution in [-0.4, -0.2) is 41.6 Å². The summed E-state index contributed by atoms with van der Waals surface area (Å²) in [7, 11) is 0. The number of nitrogens with one attached hydrogen (secondary N) is 1. The highest BCUT2D eigenvalue weighted by molar-refractivity contribution is 5.98. The van der Waals surface area contributed by atoms with Gasteiger partial charge in [0.05, 0.1) is 0 Å². The van der Waals surface area contributed by atoms with Gasteiger partial charge in [0.1, 0.15) is 12.0 Å². The summed E-state index contributed by atoms with van der Waals surface area (Å²) in [5.74, 6) is -0.309. The van der Waals surface area contributed by atoms with Crippen molar-refractivity contribution >= 4 is 17.3 Å². The number of nitrogens with two attached hydrogens (primary N) is 2. The molecule has 0 saturated heterocycles. The van der Waals surface area contributed by atoms with Crippen molar-refractivity contribution in [1.82, 2.24) is 9.88 Å². The van der Waals surface area contributed by atoms with Gasteiger partial charge in [0.15, 0.2) is 0 Å². The molecule has 0 aliphatic heterocycles. The number of amides is 1. The summed E-state index contributed by atoms with van der Waals surface area (Å²) in [6, 6.07) is 11.8. The summed E-state index contributed by atoms with van der Waals surface area (Å²) in [6.45, 7) is 6.38. The Balaban J connectivity index is 0.00000166. The molecule has 7 heteroatoms. The van der Waals surface area contributed by atoms with E-state index in [0.29, 0.717) is 13.0 Å². The van der Waals surface area contributed by atoms with Gasteiger partial charge in [0.2, 0.25) is 6.41 Å². The molecule has 3 rings (SSSR count). The van der Waals surface area contributed by atoms with Crippen LogP contribution in [0.4, 0.5) is 8.78 Å². The number of fused-ring (bicyclic) bond motifs is 1. The summed E-state index contributed by atoms with van der Waals surface area (Å²) in [5.41, 5.74) is 15.8. The Morgan fingerprint density at radius 3 is 2.58 bits per heavy atom. The van der Waals surface area contributed by atoms with Crippen LogP contribution < -0.4 is 11.5 Å². The first kappa shape index (κ1) is 24.5. The Morgan fingerprint density at radius 1 is 1.19 bits per heavy atom. The third kappa shape index (κ3) is 6.12. The summed E-state index contributed by atoms with van der Waals surface area (Å²) in [6.07, 6.45) is -0.369. The number of hydrogen-bond donors (Lipinski definition) is 3. The number of benzene rings is 2. The largest absolute Gasteiger partial charge is 0.358 e. The number of aromatic amines is 1. The van der Waals surface area contributed by atoms with Crippen LogP contribution >= 0.6 is 0 Å². The normalized spacial score (nSPS) is 12.7. The SMILES string of the molecule is CC.Cc1[nH]c2ccc(F)cc2c1-c1ccccc1CN(C=O)CC(N)CC(F)CN. The van der Waals surface area contributed by atoms with E-state index in [1.807, 2.05) is 45.0 Å². The second kappa shape index (κ2) is 11.6. The van der Waals surface area contributed by atoms with E-state index in [4.69, 9.17) is 11.5 Å². The van der Waals surface area contributed by atoms with Crippen LogP contribution in [0.15, 0.2) is 42.5 Å². The fourth-order valence-electron chi connectivity index (χ4n) is 3.71. The highest BCUT2D eigenvalue weighted by atomic mass is 19.1. The van der Waals surface area contributed by atoms with Gasteiger partial charge >= 0.3 is 0 Å². The van der Waals surface area contributed by atoms with E-state index in [1.165, 1.54) is 17.0 Å². The molecule has 2 aromatic carbocycles. The smallest absolute Gasteiger partial charge is 0.210 e. The van der Waals surface area contributed by atoms with Gasteiger partial charge in [-0.3, -0.25) is 4.79 Å². The second-order valence-corrected chi connectivity index (χ2v) is 7.34. The van der Waals surface area contributed by atoms with Gasteiger partial charge in [0.25, 0.3) is 0 Å². The number of rotatable bonds is 9. The van der Waals surface area contributed by atoms with Crippen molar-refractivity contribution < 1.29 is 13.6 Å². The van der Waals surface area contributed by atoms with E-state index >= 15 is 0 Å². The predicted molar refractivity (Wildman–Crippen MR) is 123 cm³/mol. The van der Waals surface area contributed by atoms with Crippen molar-refractivity contribution in [2.24, 2.45) is 11.5 Å². The minimum absolute atomic E-state index is 0.0893. The van der Waals surface area contributed by atoms with E-state index < -0.39 is 12.2 Å². The molecule has 0 spiro atoms. The number of aryl methyl sites for hydroxylation is 1. The zero-order valence-electron chi connectivity index (χ0n) is 18.4. The van der Waals surface area contributed by atoms with Crippen molar-refractivity contribution in [2.45, 2.75) is 46.0 Å². The number of hydrogen-bond acceptors (Lipinski definition) is 3. The molecule has 2 atom stereocenters. The number of aromatic nitrogens is 1. The number of H-pyrrole nitrogens is 1. The van der Waals surface area contributed by atoms with Crippen LogP contribution in [0, 0.1) is 12.7 Å². The van der Waals surface area contributed by atoms with Crippen molar-refractivity contribution in [3.63, 3.8) is 0 Å². The molecule has 0 aliphatic carbocycles. The number of alkyl halides is 1. The zero-order valence-corrected chi connectivity index (χ0v) is 18.4. The molecule has 5 N–H and O–H groups in total. The van der Waals surface area contributed by atoms with Gasteiger partial charge in [-0.2, -0.15) is 0 Å². The Kier molecular flexibility index (Phi) is 9.15. The molecule has 31 heavy (non-hydrogen) atoms. The Bertz CT molecular complexity index is 989. The molecule has 3 aromatic rings. The summed E-state index contributed by atoms with van der Waals surface area (Å²) >= 11 is 0. The van der Waals surface area contributed by atoms with Crippen molar-refractivity contribution in [1.29, 1.82) is 0 Å². The molecule has 0 fully saturated rings. The number of halogens is 2. The van der Waals surface area contributed by atoms with Gasteiger partial charge < -0.3 is 21.4 Å². The highest BCUT2D eigenvalue weighted by Crippen LogP contribution is 2.35. The minimum atomic E-state index is -1.19. The molecular weight excluding hydrogens is 398 g/mol. The third-order valence-electron chi connectivity index (χ3n) is 5.04. The molecule has 1 heterocycles. The van der Waals surface area contributed by atoms with Crippen LogP contribution in [0.25, 0.3) is 22.0 Å².